The van der Waals surface area contributed by atoms with E-state index in [9.17, 15) is 5.11 Å². The molecule has 1 fully saturated rings. The van der Waals surface area contributed by atoms with Gasteiger partial charge in [-0.3, -0.25) is 0 Å². The average Bonchev–Trinajstić information content (AvgIpc) is 2.54. The topological polar surface area (TPSA) is 36.4 Å². The van der Waals surface area contributed by atoms with Gasteiger partial charge in [-0.1, -0.05) is 41.9 Å². The van der Waals surface area contributed by atoms with Crippen molar-refractivity contribution in [2.75, 3.05) is 24.6 Å². The molecule has 0 saturated carbocycles. The number of anilines is 1. The maximum Gasteiger partial charge on any atom is 0.129 e. The van der Waals surface area contributed by atoms with Crippen LogP contribution in [0.4, 0.5) is 5.82 Å². The van der Waals surface area contributed by atoms with Crippen molar-refractivity contribution in [1.29, 1.82) is 0 Å². The first-order valence-corrected chi connectivity index (χ1v) is 8.14. The lowest BCUT2D eigenvalue weighted by molar-refractivity contribution is 0.200. The monoisotopic (exact) mass is 324 g/mol. The quantitative estimate of drug-likeness (QED) is 0.791. The Morgan fingerprint density at radius 2 is 1.87 bits per heavy atom. The molecule has 3 aromatic rings. The molecule has 1 aliphatic heterocycles. The molecule has 0 unspecified atom stereocenters. The van der Waals surface area contributed by atoms with Crippen LogP contribution in [0.25, 0.3) is 22.0 Å². The Morgan fingerprint density at radius 3 is 2.61 bits per heavy atom. The molecule has 2 aromatic carbocycles. The maximum absolute atomic E-state index is 9.22. The molecule has 1 aromatic heterocycles. The Morgan fingerprint density at radius 1 is 1.09 bits per heavy atom. The Bertz CT molecular complexity index is 845. The summed E-state index contributed by atoms with van der Waals surface area (Å²) < 4.78 is 0. The summed E-state index contributed by atoms with van der Waals surface area (Å²) in [5, 5.41) is 11.0. The first kappa shape index (κ1) is 14.5. The lowest BCUT2D eigenvalue weighted by atomic mass is 9.98. The van der Waals surface area contributed by atoms with E-state index in [4.69, 9.17) is 16.6 Å². The molecule has 1 N–H and O–H groups in total. The van der Waals surface area contributed by atoms with Gasteiger partial charge in [-0.2, -0.15) is 0 Å². The zero-order chi connectivity index (χ0) is 15.8. The predicted octanol–water partition coefficient (Wildman–Crippen LogP) is 3.98. The second-order valence-corrected chi connectivity index (χ2v) is 6.45. The van der Waals surface area contributed by atoms with Crippen LogP contribution in [0.5, 0.6) is 0 Å². The number of hydrogen-bond donors (Lipinski definition) is 1. The van der Waals surface area contributed by atoms with Gasteiger partial charge in [0.2, 0.25) is 0 Å². The van der Waals surface area contributed by atoms with Gasteiger partial charge in [0.25, 0.3) is 0 Å². The van der Waals surface area contributed by atoms with Gasteiger partial charge in [-0.25, -0.2) is 4.98 Å². The Hall–Kier alpha value is -2.10. The third kappa shape index (κ3) is 2.67. The van der Waals surface area contributed by atoms with Crippen molar-refractivity contribution in [3.63, 3.8) is 0 Å². The number of aliphatic hydroxyl groups is 1. The van der Waals surface area contributed by atoms with E-state index >= 15 is 0 Å². The molecule has 1 aliphatic rings. The fourth-order valence-corrected chi connectivity index (χ4v) is 3.25. The molecule has 0 spiro atoms. The number of halogens is 1. The van der Waals surface area contributed by atoms with Gasteiger partial charge in [0, 0.05) is 36.0 Å². The number of benzene rings is 2. The largest absolute Gasteiger partial charge is 0.396 e. The fourth-order valence-electron chi connectivity index (χ4n) is 3.07. The van der Waals surface area contributed by atoms with Crippen molar-refractivity contribution < 1.29 is 5.11 Å². The minimum Gasteiger partial charge on any atom is -0.396 e. The van der Waals surface area contributed by atoms with Gasteiger partial charge in [0.05, 0.1) is 5.52 Å². The van der Waals surface area contributed by atoms with Crippen LogP contribution in [0.1, 0.15) is 0 Å². The van der Waals surface area contributed by atoms with E-state index in [1.165, 1.54) is 0 Å². The van der Waals surface area contributed by atoms with Gasteiger partial charge < -0.3 is 10.0 Å². The zero-order valence-electron chi connectivity index (χ0n) is 12.6. The predicted molar refractivity (Wildman–Crippen MR) is 95.0 cm³/mol. The molecule has 0 bridgehead atoms. The molecular weight excluding hydrogens is 308 g/mol. The number of aromatic nitrogens is 1. The molecule has 0 amide bonds. The molecule has 0 aliphatic carbocycles. The smallest absolute Gasteiger partial charge is 0.129 e. The zero-order valence-corrected chi connectivity index (χ0v) is 13.4. The minimum atomic E-state index is 0.241. The summed E-state index contributed by atoms with van der Waals surface area (Å²) in [6.07, 6.45) is 0. The van der Waals surface area contributed by atoms with E-state index < -0.39 is 0 Å². The second-order valence-electron chi connectivity index (χ2n) is 6.01. The highest BCUT2D eigenvalue weighted by Crippen LogP contribution is 2.34. The van der Waals surface area contributed by atoms with Crippen molar-refractivity contribution in [1.82, 2.24) is 4.98 Å². The van der Waals surface area contributed by atoms with E-state index in [1.807, 2.05) is 36.4 Å². The highest BCUT2D eigenvalue weighted by Gasteiger charge is 2.27. The lowest BCUT2D eigenvalue weighted by Crippen LogP contribution is -2.48. The number of hydrogen-bond acceptors (Lipinski definition) is 3. The Labute approximate surface area is 140 Å². The van der Waals surface area contributed by atoms with Crippen LogP contribution < -0.4 is 4.90 Å². The molecule has 3 nitrogen and oxygen atoms in total. The number of nitrogens with zero attached hydrogens (tertiary/aromatic N) is 2. The van der Waals surface area contributed by atoms with Gasteiger partial charge in [-0.15, -0.1) is 0 Å². The molecule has 1 saturated heterocycles. The van der Waals surface area contributed by atoms with Gasteiger partial charge in [-0.05, 0) is 35.4 Å². The van der Waals surface area contributed by atoms with Crippen molar-refractivity contribution in [3.8, 4) is 11.1 Å². The van der Waals surface area contributed by atoms with Crippen LogP contribution in [0.15, 0.2) is 54.6 Å². The molecule has 4 heteroatoms. The van der Waals surface area contributed by atoms with E-state index in [-0.39, 0.29) is 6.61 Å². The minimum absolute atomic E-state index is 0.241. The first-order valence-electron chi connectivity index (χ1n) is 7.76. The van der Waals surface area contributed by atoms with Crippen molar-refractivity contribution in [2.45, 2.75) is 0 Å². The third-order valence-electron chi connectivity index (χ3n) is 4.38. The number of aliphatic hydroxyl groups excluding tert-OH is 1. The lowest BCUT2D eigenvalue weighted by Gasteiger charge is -2.39. The Balaban J connectivity index is 1.86. The summed E-state index contributed by atoms with van der Waals surface area (Å²) in [4.78, 5) is 6.99. The van der Waals surface area contributed by atoms with Crippen LogP contribution >= 0.6 is 11.6 Å². The van der Waals surface area contributed by atoms with Crippen LogP contribution in [-0.4, -0.2) is 29.8 Å². The maximum atomic E-state index is 9.22. The highest BCUT2D eigenvalue weighted by atomic mass is 35.5. The van der Waals surface area contributed by atoms with E-state index in [0.29, 0.717) is 10.9 Å². The Kier molecular flexibility index (Phi) is 3.68. The molecule has 4 rings (SSSR count). The van der Waals surface area contributed by atoms with Gasteiger partial charge in [0.1, 0.15) is 5.82 Å². The normalized spacial score (nSPS) is 15.0. The molecule has 0 atom stereocenters. The van der Waals surface area contributed by atoms with E-state index in [0.717, 1.165) is 40.9 Å². The van der Waals surface area contributed by atoms with Crippen molar-refractivity contribution >= 4 is 28.3 Å². The van der Waals surface area contributed by atoms with Crippen LogP contribution in [0.3, 0.4) is 0 Å². The first-order chi connectivity index (χ1) is 11.2. The SMILES string of the molecule is OCC1CN(c2cc(-c3ccccc3)c3cc(Cl)ccc3n2)C1. The molecule has 2 heterocycles. The molecule has 116 valence electrons. The van der Waals surface area contributed by atoms with Crippen LogP contribution in [0, 0.1) is 5.92 Å². The summed E-state index contributed by atoms with van der Waals surface area (Å²) in [6, 6.07) is 18.2. The summed E-state index contributed by atoms with van der Waals surface area (Å²) in [6.45, 7) is 1.96. The van der Waals surface area contributed by atoms with Crippen molar-refractivity contribution in [2.24, 2.45) is 5.92 Å². The summed E-state index contributed by atoms with van der Waals surface area (Å²) in [7, 11) is 0. The molecule has 23 heavy (non-hydrogen) atoms. The number of rotatable bonds is 3. The van der Waals surface area contributed by atoms with Crippen molar-refractivity contribution in [3.05, 3.63) is 59.6 Å². The van der Waals surface area contributed by atoms with Gasteiger partial charge in [0.15, 0.2) is 0 Å². The molecule has 0 radical (unpaired) electrons. The standard InChI is InChI=1S/C19H17ClN2O/c20-15-6-7-18-17(8-15)16(14-4-2-1-3-5-14)9-19(21-18)22-10-13(11-22)12-23/h1-9,13,23H,10-12H2. The third-order valence-corrected chi connectivity index (χ3v) is 4.62. The molecular formula is C19H17ClN2O. The van der Waals surface area contributed by atoms with Crippen LogP contribution in [0.2, 0.25) is 5.02 Å². The summed E-state index contributed by atoms with van der Waals surface area (Å²) >= 11 is 6.19. The summed E-state index contributed by atoms with van der Waals surface area (Å²) in [5.41, 5.74) is 3.24. The second kappa shape index (κ2) is 5.84. The van der Waals surface area contributed by atoms with Crippen LogP contribution in [-0.2, 0) is 0 Å². The number of fused-ring (bicyclic) bond motifs is 1. The van der Waals surface area contributed by atoms with E-state index in [1.54, 1.807) is 0 Å². The summed E-state index contributed by atoms with van der Waals surface area (Å²) in [5.74, 6) is 1.32. The van der Waals surface area contributed by atoms with Gasteiger partial charge >= 0.3 is 0 Å². The number of pyridine rings is 1. The average molecular weight is 325 g/mol. The fraction of sp³-hybridized carbons (Fsp3) is 0.211. The van der Waals surface area contributed by atoms with E-state index in [2.05, 4.69) is 23.1 Å². The highest BCUT2D eigenvalue weighted by molar-refractivity contribution is 6.31.